The third-order valence-corrected chi connectivity index (χ3v) is 4.91. The minimum Gasteiger partial charge on any atom is -0.397 e. The number of nitrogens with zero attached hydrogens (tertiary/aromatic N) is 2. The van der Waals surface area contributed by atoms with Crippen LogP contribution in [-0.2, 0) is 0 Å². The molecule has 130 valence electrons. The standard InChI is InChI=1S/C21H13ClN4S/c22-14-8-6-12(7-9-14)15-10-17-18(19(24)16(15)11-23)21(27)26-20(25-17)13-4-2-1-3-5-13/h1-10H,24H2,(H,25,26,27). The number of nitriles is 1. The highest BCUT2D eigenvalue weighted by Crippen LogP contribution is 2.35. The average molecular weight is 389 g/mol. The van der Waals surface area contributed by atoms with E-state index in [9.17, 15) is 5.26 Å². The van der Waals surface area contributed by atoms with Crippen molar-refractivity contribution in [1.82, 2.24) is 9.97 Å². The molecule has 6 heteroatoms. The molecule has 0 spiro atoms. The first kappa shape index (κ1) is 17.2. The third-order valence-electron chi connectivity index (χ3n) is 4.36. The molecular formula is C21H13ClN4S. The highest BCUT2D eigenvalue weighted by atomic mass is 35.5. The van der Waals surface area contributed by atoms with Gasteiger partial charge in [-0.2, -0.15) is 5.26 Å². The Balaban J connectivity index is 2.04. The van der Waals surface area contributed by atoms with E-state index in [1.807, 2.05) is 48.5 Å². The third kappa shape index (κ3) is 3.06. The smallest absolute Gasteiger partial charge is 0.140 e. The van der Waals surface area contributed by atoms with Crippen LogP contribution in [0.2, 0.25) is 5.02 Å². The van der Waals surface area contributed by atoms with Gasteiger partial charge in [0.1, 0.15) is 16.5 Å². The van der Waals surface area contributed by atoms with Crippen LogP contribution in [0, 0.1) is 16.0 Å². The van der Waals surface area contributed by atoms with Crippen molar-refractivity contribution in [2.75, 3.05) is 5.73 Å². The Hall–Kier alpha value is -3.20. The van der Waals surface area contributed by atoms with Crippen LogP contribution in [0.15, 0.2) is 60.7 Å². The van der Waals surface area contributed by atoms with Crippen molar-refractivity contribution in [3.8, 4) is 28.6 Å². The maximum absolute atomic E-state index is 9.68. The SMILES string of the molecule is N#Cc1c(-c2ccc(Cl)cc2)cc2[nH]c(-c3ccccc3)nc(=S)c2c1N. The molecule has 0 saturated heterocycles. The van der Waals surface area contributed by atoms with Crippen molar-refractivity contribution < 1.29 is 0 Å². The molecule has 0 amide bonds. The number of aromatic nitrogens is 2. The number of anilines is 1. The van der Waals surface area contributed by atoms with Crippen molar-refractivity contribution in [2.24, 2.45) is 0 Å². The van der Waals surface area contributed by atoms with Gasteiger partial charge in [-0.15, -0.1) is 0 Å². The number of nitrogens with one attached hydrogen (secondary N) is 1. The van der Waals surface area contributed by atoms with Gasteiger partial charge in [0.2, 0.25) is 0 Å². The van der Waals surface area contributed by atoms with Crippen molar-refractivity contribution in [1.29, 1.82) is 5.26 Å². The maximum Gasteiger partial charge on any atom is 0.140 e. The molecule has 27 heavy (non-hydrogen) atoms. The fourth-order valence-electron chi connectivity index (χ4n) is 3.06. The molecule has 0 saturated carbocycles. The fourth-order valence-corrected chi connectivity index (χ4v) is 3.49. The van der Waals surface area contributed by atoms with Gasteiger partial charge in [0.25, 0.3) is 0 Å². The van der Waals surface area contributed by atoms with Crippen LogP contribution in [0.1, 0.15) is 5.56 Å². The number of benzene rings is 3. The fraction of sp³-hybridized carbons (Fsp3) is 0. The lowest BCUT2D eigenvalue weighted by Crippen LogP contribution is -2.00. The van der Waals surface area contributed by atoms with E-state index in [-0.39, 0.29) is 0 Å². The van der Waals surface area contributed by atoms with E-state index in [0.717, 1.165) is 22.2 Å². The summed E-state index contributed by atoms with van der Waals surface area (Å²) in [5.41, 5.74) is 10.2. The van der Waals surface area contributed by atoms with Gasteiger partial charge in [0.15, 0.2) is 0 Å². The number of hydrogen-bond donors (Lipinski definition) is 2. The van der Waals surface area contributed by atoms with E-state index in [2.05, 4.69) is 16.0 Å². The zero-order chi connectivity index (χ0) is 19.0. The summed E-state index contributed by atoms with van der Waals surface area (Å²) < 4.78 is 0.360. The van der Waals surface area contributed by atoms with Crippen molar-refractivity contribution >= 4 is 40.4 Å². The summed E-state index contributed by atoms with van der Waals surface area (Å²) in [5, 5.41) is 10.9. The largest absolute Gasteiger partial charge is 0.397 e. The second kappa shape index (κ2) is 6.84. The second-order valence-electron chi connectivity index (χ2n) is 6.01. The second-order valence-corrected chi connectivity index (χ2v) is 6.83. The summed E-state index contributed by atoms with van der Waals surface area (Å²) in [6.07, 6.45) is 0. The predicted octanol–water partition coefficient (Wildman–Crippen LogP) is 5.73. The van der Waals surface area contributed by atoms with Crippen LogP contribution in [0.4, 0.5) is 5.69 Å². The molecule has 4 aromatic rings. The maximum atomic E-state index is 9.68. The van der Waals surface area contributed by atoms with E-state index in [1.54, 1.807) is 12.1 Å². The summed E-state index contributed by atoms with van der Waals surface area (Å²) in [6, 6.07) is 21.1. The summed E-state index contributed by atoms with van der Waals surface area (Å²) in [4.78, 5) is 7.78. The number of hydrogen-bond acceptors (Lipinski definition) is 4. The first-order valence-electron chi connectivity index (χ1n) is 8.16. The molecule has 0 radical (unpaired) electrons. The Kier molecular flexibility index (Phi) is 4.36. The summed E-state index contributed by atoms with van der Waals surface area (Å²) in [6.45, 7) is 0. The first-order valence-corrected chi connectivity index (χ1v) is 8.95. The predicted molar refractivity (Wildman–Crippen MR) is 112 cm³/mol. The van der Waals surface area contributed by atoms with Gasteiger partial charge in [-0.1, -0.05) is 66.3 Å². The van der Waals surface area contributed by atoms with E-state index in [4.69, 9.17) is 29.6 Å². The molecule has 0 bridgehead atoms. The lowest BCUT2D eigenvalue weighted by atomic mass is 9.96. The van der Waals surface area contributed by atoms with E-state index < -0.39 is 0 Å². The normalized spacial score (nSPS) is 10.7. The molecule has 0 atom stereocenters. The van der Waals surface area contributed by atoms with Gasteiger partial charge >= 0.3 is 0 Å². The quantitative estimate of drug-likeness (QED) is 0.339. The highest BCUT2D eigenvalue weighted by molar-refractivity contribution is 7.71. The van der Waals surface area contributed by atoms with Crippen molar-refractivity contribution in [2.45, 2.75) is 0 Å². The van der Waals surface area contributed by atoms with Gasteiger partial charge in [-0.3, -0.25) is 0 Å². The molecule has 3 aromatic carbocycles. The van der Waals surface area contributed by atoms with Crippen LogP contribution in [0.5, 0.6) is 0 Å². The minimum absolute atomic E-state index is 0.327. The number of aromatic amines is 1. The Labute approximate surface area is 165 Å². The Bertz CT molecular complexity index is 1260. The van der Waals surface area contributed by atoms with Crippen LogP contribution in [-0.4, -0.2) is 9.97 Å². The molecule has 4 nitrogen and oxygen atoms in total. The zero-order valence-electron chi connectivity index (χ0n) is 14.0. The molecule has 4 rings (SSSR count). The van der Waals surface area contributed by atoms with Crippen LogP contribution in [0.25, 0.3) is 33.4 Å². The van der Waals surface area contributed by atoms with E-state index >= 15 is 0 Å². The summed E-state index contributed by atoms with van der Waals surface area (Å²) in [5.74, 6) is 0.652. The number of nitrogens with two attached hydrogens (primary N) is 1. The van der Waals surface area contributed by atoms with Gasteiger partial charge in [-0.25, -0.2) is 4.98 Å². The Morgan fingerprint density at radius 2 is 1.74 bits per heavy atom. The molecule has 1 aromatic heterocycles. The Morgan fingerprint density at radius 1 is 1.04 bits per heavy atom. The topological polar surface area (TPSA) is 78.5 Å². The molecule has 1 heterocycles. The van der Waals surface area contributed by atoms with Gasteiger partial charge < -0.3 is 10.7 Å². The lowest BCUT2D eigenvalue weighted by Gasteiger charge is -2.12. The van der Waals surface area contributed by atoms with Crippen molar-refractivity contribution in [3.63, 3.8) is 0 Å². The molecule has 0 aliphatic carbocycles. The summed E-state index contributed by atoms with van der Waals surface area (Å²) >= 11 is 11.5. The molecule has 0 aliphatic rings. The van der Waals surface area contributed by atoms with Crippen molar-refractivity contribution in [3.05, 3.63) is 75.9 Å². The van der Waals surface area contributed by atoms with Gasteiger partial charge in [-0.05, 0) is 23.8 Å². The van der Waals surface area contributed by atoms with Crippen LogP contribution in [0.3, 0.4) is 0 Å². The van der Waals surface area contributed by atoms with E-state index in [1.165, 1.54) is 0 Å². The summed E-state index contributed by atoms with van der Waals surface area (Å²) in [7, 11) is 0. The number of rotatable bonds is 2. The molecular weight excluding hydrogens is 376 g/mol. The average Bonchev–Trinajstić information content (AvgIpc) is 2.68. The van der Waals surface area contributed by atoms with Crippen LogP contribution >= 0.6 is 23.8 Å². The zero-order valence-corrected chi connectivity index (χ0v) is 15.6. The number of fused-ring (bicyclic) bond motifs is 1. The monoisotopic (exact) mass is 388 g/mol. The van der Waals surface area contributed by atoms with Crippen LogP contribution < -0.4 is 5.73 Å². The van der Waals surface area contributed by atoms with Gasteiger partial charge in [0, 0.05) is 16.1 Å². The number of halogens is 1. The van der Waals surface area contributed by atoms with Gasteiger partial charge in [0.05, 0.1) is 22.2 Å². The lowest BCUT2D eigenvalue weighted by molar-refractivity contribution is 1.21. The highest BCUT2D eigenvalue weighted by Gasteiger charge is 2.16. The van der Waals surface area contributed by atoms with E-state index in [0.29, 0.717) is 32.1 Å². The number of H-pyrrole nitrogens is 1. The first-order chi connectivity index (χ1) is 13.1. The minimum atomic E-state index is 0.327. The molecule has 0 unspecified atom stereocenters. The Morgan fingerprint density at radius 3 is 2.41 bits per heavy atom. The molecule has 0 fully saturated rings. The molecule has 3 N–H and O–H groups in total. The molecule has 0 aliphatic heterocycles. The number of nitrogen functional groups attached to an aromatic ring is 1.